The van der Waals surface area contributed by atoms with Crippen LogP contribution in [0.4, 0.5) is 10.1 Å². The van der Waals surface area contributed by atoms with Crippen molar-refractivity contribution in [3.63, 3.8) is 0 Å². The Labute approximate surface area is 124 Å². The molecular formula is C13H12ClFN2O2S. The number of hydrogen-bond acceptors (Lipinski definition) is 4. The lowest BCUT2D eigenvalue weighted by Crippen LogP contribution is -2.16. The molecule has 1 aromatic carbocycles. The predicted molar refractivity (Wildman–Crippen MR) is 77.8 cm³/mol. The van der Waals surface area contributed by atoms with E-state index in [1.807, 2.05) is 12.1 Å². The molecule has 0 bridgehead atoms. The van der Waals surface area contributed by atoms with Gasteiger partial charge in [-0.2, -0.15) is 4.39 Å². The number of nitro benzene ring substituents is 1. The quantitative estimate of drug-likeness (QED) is 0.501. The van der Waals surface area contributed by atoms with Crippen LogP contribution >= 0.6 is 22.9 Å². The summed E-state index contributed by atoms with van der Waals surface area (Å²) in [7, 11) is 0. The van der Waals surface area contributed by atoms with E-state index in [2.05, 4.69) is 5.32 Å². The monoisotopic (exact) mass is 314 g/mol. The first-order chi connectivity index (χ1) is 9.56. The van der Waals surface area contributed by atoms with Crippen molar-refractivity contribution >= 4 is 28.6 Å². The third-order valence-electron chi connectivity index (χ3n) is 2.71. The van der Waals surface area contributed by atoms with E-state index >= 15 is 0 Å². The van der Waals surface area contributed by atoms with E-state index in [-0.39, 0.29) is 0 Å². The lowest BCUT2D eigenvalue weighted by atomic mass is 10.2. The number of rotatable bonds is 6. The highest BCUT2D eigenvalue weighted by Crippen LogP contribution is 2.21. The molecule has 0 saturated carbocycles. The standard InChI is InChI=1S/C13H12ClFN2O2S/c14-13-4-2-10(20-13)5-6-16-8-9-1-3-12(17(18)19)11(15)7-9/h1-4,7,16H,5-6,8H2. The Balaban J connectivity index is 1.82. The van der Waals surface area contributed by atoms with Crippen LogP contribution < -0.4 is 5.32 Å². The van der Waals surface area contributed by atoms with Crippen LogP contribution in [0.1, 0.15) is 10.4 Å². The molecule has 0 unspecified atom stereocenters. The first-order valence-corrected chi connectivity index (χ1v) is 7.13. The maximum absolute atomic E-state index is 13.4. The average Bonchev–Trinajstić information content (AvgIpc) is 2.80. The molecule has 0 atom stereocenters. The van der Waals surface area contributed by atoms with E-state index in [0.29, 0.717) is 12.1 Å². The average molecular weight is 315 g/mol. The van der Waals surface area contributed by atoms with Crippen molar-refractivity contribution in [3.8, 4) is 0 Å². The Hall–Kier alpha value is -1.50. The Bertz CT molecular complexity index is 618. The topological polar surface area (TPSA) is 55.2 Å². The first kappa shape index (κ1) is 14.9. The number of halogens is 2. The smallest absolute Gasteiger partial charge is 0.304 e. The summed E-state index contributed by atoms with van der Waals surface area (Å²) >= 11 is 7.36. The Morgan fingerprint density at radius 1 is 1.35 bits per heavy atom. The van der Waals surface area contributed by atoms with E-state index in [0.717, 1.165) is 17.3 Å². The van der Waals surface area contributed by atoms with Crippen molar-refractivity contribution in [2.24, 2.45) is 0 Å². The molecule has 0 radical (unpaired) electrons. The highest BCUT2D eigenvalue weighted by atomic mass is 35.5. The number of hydrogen-bond donors (Lipinski definition) is 1. The van der Waals surface area contributed by atoms with Crippen molar-refractivity contribution in [2.75, 3.05) is 6.54 Å². The van der Waals surface area contributed by atoms with E-state index in [1.54, 1.807) is 6.07 Å². The SMILES string of the molecule is O=[N+]([O-])c1ccc(CNCCc2ccc(Cl)s2)cc1F. The zero-order chi connectivity index (χ0) is 14.5. The number of benzene rings is 1. The largest absolute Gasteiger partial charge is 0.312 e. The van der Waals surface area contributed by atoms with Crippen LogP contribution in [0.3, 0.4) is 0 Å². The van der Waals surface area contributed by atoms with Gasteiger partial charge in [0.05, 0.1) is 9.26 Å². The van der Waals surface area contributed by atoms with Gasteiger partial charge in [-0.3, -0.25) is 10.1 Å². The van der Waals surface area contributed by atoms with Crippen LogP contribution in [0.2, 0.25) is 4.34 Å². The van der Waals surface area contributed by atoms with Crippen LogP contribution in [0.15, 0.2) is 30.3 Å². The van der Waals surface area contributed by atoms with Gasteiger partial charge in [-0.15, -0.1) is 11.3 Å². The molecule has 1 N–H and O–H groups in total. The summed E-state index contributed by atoms with van der Waals surface area (Å²) in [4.78, 5) is 10.9. The Morgan fingerprint density at radius 3 is 2.75 bits per heavy atom. The lowest BCUT2D eigenvalue weighted by molar-refractivity contribution is -0.387. The summed E-state index contributed by atoms with van der Waals surface area (Å²) < 4.78 is 14.2. The van der Waals surface area contributed by atoms with Gasteiger partial charge in [-0.1, -0.05) is 17.7 Å². The summed E-state index contributed by atoms with van der Waals surface area (Å²) in [5.74, 6) is -0.806. The minimum Gasteiger partial charge on any atom is -0.312 e. The molecule has 0 saturated heterocycles. The van der Waals surface area contributed by atoms with Crippen molar-refractivity contribution < 1.29 is 9.31 Å². The van der Waals surface area contributed by atoms with Crippen LogP contribution in [0, 0.1) is 15.9 Å². The van der Waals surface area contributed by atoms with Gasteiger partial charge in [-0.05, 0) is 30.2 Å². The molecule has 0 amide bonds. The molecule has 2 rings (SSSR count). The summed E-state index contributed by atoms with van der Waals surface area (Å²) in [6.07, 6.45) is 0.840. The van der Waals surface area contributed by atoms with Crippen molar-refractivity contribution in [1.82, 2.24) is 5.32 Å². The summed E-state index contributed by atoms with van der Waals surface area (Å²) in [5, 5.41) is 13.7. The molecule has 7 heteroatoms. The zero-order valence-electron chi connectivity index (χ0n) is 10.4. The number of thiophene rings is 1. The molecule has 4 nitrogen and oxygen atoms in total. The molecule has 0 aliphatic carbocycles. The van der Waals surface area contributed by atoms with Crippen LogP contribution in [0.5, 0.6) is 0 Å². The fraction of sp³-hybridized carbons (Fsp3) is 0.231. The van der Waals surface area contributed by atoms with Gasteiger partial charge < -0.3 is 5.32 Å². The molecular weight excluding hydrogens is 303 g/mol. The summed E-state index contributed by atoms with van der Waals surface area (Å²) in [5.41, 5.74) is 0.180. The normalized spacial score (nSPS) is 10.7. The summed E-state index contributed by atoms with van der Waals surface area (Å²) in [6, 6.07) is 7.75. The molecule has 0 aliphatic heterocycles. The molecule has 0 fully saturated rings. The lowest BCUT2D eigenvalue weighted by Gasteiger charge is -2.04. The van der Waals surface area contributed by atoms with Gasteiger partial charge in [0.15, 0.2) is 0 Å². The van der Waals surface area contributed by atoms with Gasteiger partial charge in [0.2, 0.25) is 5.82 Å². The second kappa shape index (κ2) is 6.78. The number of nitrogens with one attached hydrogen (secondary N) is 1. The molecule has 1 heterocycles. The van der Waals surface area contributed by atoms with Gasteiger partial charge >= 0.3 is 5.69 Å². The third kappa shape index (κ3) is 4.00. The molecule has 0 spiro atoms. The fourth-order valence-electron chi connectivity index (χ4n) is 1.74. The van der Waals surface area contributed by atoms with Gasteiger partial charge in [0.1, 0.15) is 0 Å². The van der Waals surface area contributed by atoms with Crippen molar-refractivity contribution in [3.05, 3.63) is 61.0 Å². The van der Waals surface area contributed by atoms with Gasteiger partial charge in [0.25, 0.3) is 0 Å². The van der Waals surface area contributed by atoms with Crippen molar-refractivity contribution in [2.45, 2.75) is 13.0 Å². The van der Waals surface area contributed by atoms with E-state index < -0.39 is 16.4 Å². The molecule has 0 aliphatic rings. The van der Waals surface area contributed by atoms with Gasteiger partial charge in [-0.25, -0.2) is 0 Å². The highest BCUT2D eigenvalue weighted by Gasteiger charge is 2.13. The van der Waals surface area contributed by atoms with Gasteiger partial charge in [0, 0.05) is 24.0 Å². The molecule has 1 aromatic heterocycles. The Morgan fingerprint density at radius 2 is 2.15 bits per heavy atom. The van der Waals surface area contributed by atoms with E-state index in [1.165, 1.54) is 28.3 Å². The highest BCUT2D eigenvalue weighted by molar-refractivity contribution is 7.16. The first-order valence-electron chi connectivity index (χ1n) is 5.94. The molecule has 2 aromatic rings. The third-order valence-corrected chi connectivity index (χ3v) is 4.01. The molecule has 20 heavy (non-hydrogen) atoms. The van der Waals surface area contributed by atoms with E-state index in [4.69, 9.17) is 11.6 Å². The predicted octanol–water partition coefficient (Wildman–Crippen LogP) is 3.78. The Kier molecular flexibility index (Phi) is 5.05. The second-order valence-electron chi connectivity index (χ2n) is 4.18. The van der Waals surface area contributed by atoms with Crippen LogP contribution in [-0.4, -0.2) is 11.5 Å². The van der Waals surface area contributed by atoms with Crippen LogP contribution in [0.25, 0.3) is 0 Å². The maximum Gasteiger partial charge on any atom is 0.304 e. The zero-order valence-corrected chi connectivity index (χ0v) is 12.0. The summed E-state index contributed by atoms with van der Waals surface area (Å²) in [6.45, 7) is 1.20. The minimum atomic E-state index is -0.806. The second-order valence-corrected chi connectivity index (χ2v) is 5.98. The van der Waals surface area contributed by atoms with Crippen molar-refractivity contribution in [1.29, 1.82) is 0 Å². The fourth-order valence-corrected chi connectivity index (χ4v) is 2.83. The van der Waals surface area contributed by atoms with E-state index in [9.17, 15) is 14.5 Å². The molecule has 106 valence electrons. The van der Waals surface area contributed by atoms with Crippen LogP contribution in [-0.2, 0) is 13.0 Å². The number of nitrogens with zero attached hydrogens (tertiary/aromatic N) is 1. The number of nitro groups is 1. The maximum atomic E-state index is 13.4. The minimum absolute atomic E-state index is 0.466.